The second-order valence-corrected chi connectivity index (χ2v) is 6.75. The van der Waals surface area contributed by atoms with Crippen molar-refractivity contribution in [3.8, 4) is 0 Å². The molecule has 1 N–H and O–H groups in total. The van der Waals surface area contributed by atoms with Crippen molar-refractivity contribution in [3.05, 3.63) is 35.4 Å². The van der Waals surface area contributed by atoms with Crippen LogP contribution in [0.4, 0.5) is 0 Å². The second kappa shape index (κ2) is 6.91. The van der Waals surface area contributed by atoms with Gasteiger partial charge < -0.3 is 10.1 Å². The zero-order valence-electron chi connectivity index (χ0n) is 13.3. The monoisotopic (exact) mass is 288 g/mol. The Morgan fingerprint density at radius 1 is 1.05 bits per heavy atom. The predicted molar refractivity (Wildman–Crippen MR) is 86.5 cm³/mol. The SMILES string of the molecule is C[C@@H]1CN(Cc2ccc(CCNC3CC3)cc2)C[C@H](C)O1. The third-order valence-corrected chi connectivity index (χ3v) is 4.35. The summed E-state index contributed by atoms with van der Waals surface area (Å²) in [4.78, 5) is 2.50. The van der Waals surface area contributed by atoms with E-state index >= 15 is 0 Å². The first kappa shape index (κ1) is 15.0. The van der Waals surface area contributed by atoms with Crippen LogP contribution in [0.15, 0.2) is 24.3 Å². The Labute approximate surface area is 128 Å². The number of nitrogens with one attached hydrogen (secondary N) is 1. The summed E-state index contributed by atoms with van der Waals surface area (Å²) in [6.45, 7) is 8.56. The minimum absolute atomic E-state index is 0.349. The van der Waals surface area contributed by atoms with Crippen molar-refractivity contribution in [2.45, 2.75) is 57.9 Å². The van der Waals surface area contributed by atoms with Crippen molar-refractivity contribution in [3.63, 3.8) is 0 Å². The molecule has 116 valence electrons. The van der Waals surface area contributed by atoms with Crippen molar-refractivity contribution >= 4 is 0 Å². The molecule has 0 amide bonds. The molecule has 2 fully saturated rings. The molecular weight excluding hydrogens is 260 g/mol. The van der Waals surface area contributed by atoms with Crippen LogP contribution in [0.1, 0.15) is 37.8 Å². The van der Waals surface area contributed by atoms with Crippen molar-refractivity contribution in [1.82, 2.24) is 10.2 Å². The van der Waals surface area contributed by atoms with Gasteiger partial charge in [-0.1, -0.05) is 24.3 Å². The normalized spacial score (nSPS) is 27.0. The summed E-state index contributed by atoms with van der Waals surface area (Å²) in [5.41, 5.74) is 2.85. The standard InChI is InChI=1S/C18H28N2O/c1-14-11-20(12-15(2)21-14)13-17-5-3-16(4-6-17)9-10-19-18-7-8-18/h3-6,14-15,18-19H,7-13H2,1-2H3/t14-,15+. The van der Waals surface area contributed by atoms with E-state index in [4.69, 9.17) is 4.74 Å². The number of hydrogen-bond acceptors (Lipinski definition) is 3. The predicted octanol–water partition coefficient (Wildman–Crippen LogP) is 2.59. The summed E-state index contributed by atoms with van der Waals surface area (Å²) in [5, 5.41) is 3.57. The minimum Gasteiger partial charge on any atom is -0.373 e. The average Bonchev–Trinajstić information content (AvgIpc) is 3.24. The molecule has 1 aliphatic carbocycles. The number of hydrogen-bond donors (Lipinski definition) is 1. The second-order valence-electron chi connectivity index (χ2n) is 6.75. The summed E-state index contributed by atoms with van der Waals surface area (Å²) in [5.74, 6) is 0. The zero-order valence-corrected chi connectivity index (χ0v) is 13.3. The number of rotatable bonds is 6. The Kier molecular flexibility index (Phi) is 4.94. The van der Waals surface area contributed by atoms with Gasteiger partial charge >= 0.3 is 0 Å². The van der Waals surface area contributed by atoms with Gasteiger partial charge in [0.25, 0.3) is 0 Å². The molecule has 3 rings (SSSR count). The molecule has 1 aromatic rings. The van der Waals surface area contributed by atoms with E-state index in [0.717, 1.165) is 38.6 Å². The highest BCUT2D eigenvalue weighted by molar-refractivity contribution is 5.23. The molecule has 0 unspecified atom stereocenters. The molecule has 1 aliphatic heterocycles. The van der Waals surface area contributed by atoms with Crippen LogP contribution in [0.3, 0.4) is 0 Å². The van der Waals surface area contributed by atoms with Gasteiger partial charge in [0, 0.05) is 25.7 Å². The van der Waals surface area contributed by atoms with Crippen molar-refractivity contribution < 1.29 is 4.74 Å². The molecule has 0 bridgehead atoms. The van der Waals surface area contributed by atoms with E-state index in [2.05, 4.69) is 48.3 Å². The van der Waals surface area contributed by atoms with Crippen molar-refractivity contribution in [2.75, 3.05) is 19.6 Å². The maximum Gasteiger partial charge on any atom is 0.0678 e. The van der Waals surface area contributed by atoms with E-state index in [1.807, 2.05) is 0 Å². The fourth-order valence-electron chi connectivity index (χ4n) is 3.19. The van der Waals surface area contributed by atoms with Crippen LogP contribution >= 0.6 is 0 Å². The molecule has 21 heavy (non-hydrogen) atoms. The van der Waals surface area contributed by atoms with Gasteiger partial charge in [0.2, 0.25) is 0 Å². The third-order valence-electron chi connectivity index (χ3n) is 4.35. The van der Waals surface area contributed by atoms with Crippen LogP contribution in [-0.4, -0.2) is 42.8 Å². The van der Waals surface area contributed by atoms with Gasteiger partial charge in [-0.15, -0.1) is 0 Å². The lowest BCUT2D eigenvalue weighted by Gasteiger charge is -2.35. The number of morpholine rings is 1. The Morgan fingerprint density at radius 3 is 2.29 bits per heavy atom. The third kappa shape index (κ3) is 4.80. The number of nitrogens with zero attached hydrogens (tertiary/aromatic N) is 1. The smallest absolute Gasteiger partial charge is 0.0678 e. The highest BCUT2D eigenvalue weighted by Gasteiger charge is 2.22. The Hall–Kier alpha value is -0.900. The lowest BCUT2D eigenvalue weighted by Crippen LogP contribution is -2.44. The first-order valence-corrected chi connectivity index (χ1v) is 8.38. The van der Waals surface area contributed by atoms with Crippen LogP contribution in [0.25, 0.3) is 0 Å². The molecule has 1 heterocycles. The summed E-state index contributed by atoms with van der Waals surface area (Å²) in [6, 6.07) is 9.97. The summed E-state index contributed by atoms with van der Waals surface area (Å²) >= 11 is 0. The van der Waals surface area contributed by atoms with Gasteiger partial charge in [0.1, 0.15) is 0 Å². The topological polar surface area (TPSA) is 24.5 Å². The van der Waals surface area contributed by atoms with Crippen molar-refractivity contribution in [2.24, 2.45) is 0 Å². The summed E-state index contributed by atoms with van der Waals surface area (Å²) in [7, 11) is 0. The van der Waals surface area contributed by atoms with Crippen LogP contribution in [0.2, 0.25) is 0 Å². The Morgan fingerprint density at radius 2 is 1.67 bits per heavy atom. The molecule has 3 heteroatoms. The largest absolute Gasteiger partial charge is 0.373 e. The van der Waals surface area contributed by atoms with E-state index in [9.17, 15) is 0 Å². The maximum atomic E-state index is 5.79. The zero-order chi connectivity index (χ0) is 14.7. The van der Waals surface area contributed by atoms with E-state index < -0.39 is 0 Å². The van der Waals surface area contributed by atoms with Crippen LogP contribution in [0, 0.1) is 0 Å². The number of ether oxygens (including phenoxy) is 1. The molecule has 2 atom stereocenters. The lowest BCUT2D eigenvalue weighted by atomic mass is 10.1. The first-order chi connectivity index (χ1) is 10.2. The molecule has 3 nitrogen and oxygen atoms in total. The van der Waals surface area contributed by atoms with Gasteiger partial charge in [-0.05, 0) is 50.8 Å². The van der Waals surface area contributed by atoms with Gasteiger partial charge in [0.15, 0.2) is 0 Å². The molecule has 0 radical (unpaired) electrons. The molecular formula is C18H28N2O. The quantitative estimate of drug-likeness (QED) is 0.871. The van der Waals surface area contributed by atoms with E-state index in [1.165, 1.54) is 24.0 Å². The summed E-state index contributed by atoms with van der Waals surface area (Å²) < 4.78 is 5.79. The molecule has 2 aliphatic rings. The van der Waals surface area contributed by atoms with Crippen LogP contribution in [0.5, 0.6) is 0 Å². The van der Waals surface area contributed by atoms with E-state index in [-0.39, 0.29) is 0 Å². The fourth-order valence-corrected chi connectivity index (χ4v) is 3.19. The Balaban J connectivity index is 1.46. The molecule has 0 spiro atoms. The van der Waals surface area contributed by atoms with Gasteiger partial charge in [-0.2, -0.15) is 0 Å². The van der Waals surface area contributed by atoms with Gasteiger partial charge in [-0.3, -0.25) is 4.90 Å². The number of benzene rings is 1. The van der Waals surface area contributed by atoms with E-state index in [1.54, 1.807) is 0 Å². The maximum absolute atomic E-state index is 5.79. The average molecular weight is 288 g/mol. The Bertz CT molecular complexity index is 431. The van der Waals surface area contributed by atoms with Crippen LogP contribution < -0.4 is 5.32 Å². The minimum atomic E-state index is 0.349. The van der Waals surface area contributed by atoms with Gasteiger partial charge in [0.05, 0.1) is 12.2 Å². The molecule has 0 aromatic heterocycles. The lowest BCUT2D eigenvalue weighted by molar-refractivity contribution is -0.0704. The fraction of sp³-hybridized carbons (Fsp3) is 0.667. The summed E-state index contributed by atoms with van der Waals surface area (Å²) in [6.07, 6.45) is 4.58. The van der Waals surface area contributed by atoms with Gasteiger partial charge in [-0.25, -0.2) is 0 Å². The molecule has 1 saturated heterocycles. The van der Waals surface area contributed by atoms with E-state index in [0.29, 0.717) is 12.2 Å². The highest BCUT2D eigenvalue weighted by atomic mass is 16.5. The van der Waals surface area contributed by atoms with Crippen LogP contribution in [-0.2, 0) is 17.7 Å². The first-order valence-electron chi connectivity index (χ1n) is 8.38. The van der Waals surface area contributed by atoms with Crippen molar-refractivity contribution in [1.29, 1.82) is 0 Å². The highest BCUT2D eigenvalue weighted by Crippen LogP contribution is 2.18. The molecule has 1 aromatic carbocycles. The molecule has 1 saturated carbocycles.